The highest BCUT2D eigenvalue weighted by molar-refractivity contribution is 6.37. The summed E-state index contributed by atoms with van der Waals surface area (Å²) in [6.45, 7) is 23.6. The highest BCUT2D eigenvalue weighted by Crippen LogP contribution is 2.38. The minimum Gasteiger partial charge on any atom is -0.598 e. The summed E-state index contributed by atoms with van der Waals surface area (Å²) in [6, 6.07) is 14.9. The summed E-state index contributed by atoms with van der Waals surface area (Å²) in [7, 11) is 0. The summed E-state index contributed by atoms with van der Waals surface area (Å²) in [5, 5.41) is 0. The Balaban J connectivity index is 2.64. The fraction of sp³-hybridized carbons (Fsp3) is 0.552. The molecule has 0 aliphatic rings. The van der Waals surface area contributed by atoms with E-state index in [1.54, 1.807) is 0 Å². The monoisotopic (exact) mass is 481 g/mol. The first kappa shape index (κ1) is 28.6. The molecule has 0 N–H and O–H groups in total. The van der Waals surface area contributed by atoms with E-state index in [0.717, 1.165) is 16.9 Å². The fourth-order valence-corrected chi connectivity index (χ4v) is 5.03. The largest absolute Gasteiger partial charge is 1.00 e. The van der Waals surface area contributed by atoms with E-state index in [2.05, 4.69) is 84.9 Å². The molecule has 0 aliphatic carbocycles. The lowest BCUT2D eigenvalue weighted by atomic mass is 9.79. The Morgan fingerprint density at radius 1 is 0.794 bits per heavy atom. The van der Waals surface area contributed by atoms with Gasteiger partial charge in [0.1, 0.15) is 0 Å². The van der Waals surface area contributed by atoms with Crippen LogP contribution in [0, 0.1) is 0 Å². The van der Waals surface area contributed by atoms with Crippen molar-refractivity contribution in [3.05, 3.63) is 64.7 Å². The fourth-order valence-electron chi connectivity index (χ4n) is 3.51. The van der Waals surface area contributed by atoms with Crippen LogP contribution in [0.15, 0.2) is 47.5 Å². The lowest BCUT2D eigenvalue weighted by Gasteiger charge is -2.30. The Morgan fingerprint density at radius 3 is 1.82 bits per heavy atom. The van der Waals surface area contributed by atoms with Gasteiger partial charge in [0.05, 0.1) is 11.8 Å². The van der Waals surface area contributed by atoms with Gasteiger partial charge in [-0.25, -0.2) is 0 Å². The topological polar surface area (TPSA) is 40.0 Å². The first-order valence-corrected chi connectivity index (χ1v) is 13.8. The standard InChI is InChI=1S/C23H31NO.2C3H7O.Al/c1-16(17-11-9-8-10-12-17)24-15-18-13-19(22(2,3)4)14-20(21(18)25)23(5,6)7;2*1-3(2)4;/h8-16,25H,1-7H3;2*3H,1-2H3;/q;2*-1;+3/p-1/t16-;;;/m0.../s1. The number of hydrogen-bond acceptors (Lipinski definition) is 4. The maximum absolute atomic E-state index is 6.63. The zero-order valence-corrected chi connectivity index (χ0v) is 24.3. The van der Waals surface area contributed by atoms with E-state index < -0.39 is 15.1 Å². The molecule has 2 aromatic rings. The highest BCUT2D eigenvalue weighted by atomic mass is 27.3. The molecule has 0 spiro atoms. The summed E-state index contributed by atoms with van der Waals surface area (Å²) >= 11 is -2.43. The van der Waals surface area contributed by atoms with Gasteiger partial charge in [-0.2, -0.15) is 0 Å². The summed E-state index contributed by atoms with van der Waals surface area (Å²) in [4.78, 5) is 4.93. The molecule has 34 heavy (non-hydrogen) atoms. The van der Waals surface area contributed by atoms with E-state index >= 15 is 0 Å². The van der Waals surface area contributed by atoms with Crippen LogP contribution in [0.1, 0.15) is 104 Å². The quantitative estimate of drug-likeness (QED) is 0.272. The molecular weight excluding hydrogens is 437 g/mol. The number of aliphatic imine (C=N–C) groups is 1. The molecule has 0 aromatic heterocycles. The van der Waals surface area contributed by atoms with Gasteiger partial charge in [-0.3, -0.25) is 4.99 Å². The van der Waals surface area contributed by atoms with Gasteiger partial charge < -0.3 is 11.4 Å². The van der Waals surface area contributed by atoms with Crippen LogP contribution in [-0.2, 0) is 18.4 Å². The molecule has 186 valence electrons. The van der Waals surface area contributed by atoms with Crippen LogP contribution in [0.25, 0.3) is 0 Å². The van der Waals surface area contributed by atoms with Crippen LogP contribution < -0.4 is 3.79 Å². The molecule has 4 nitrogen and oxygen atoms in total. The van der Waals surface area contributed by atoms with Crippen molar-refractivity contribution in [2.45, 2.75) is 105 Å². The van der Waals surface area contributed by atoms with E-state index in [-0.39, 0.29) is 29.1 Å². The van der Waals surface area contributed by atoms with Gasteiger partial charge in [-0.05, 0) is 68.2 Å². The maximum Gasteiger partial charge on any atom is 1.00 e. The van der Waals surface area contributed by atoms with Crippen LogP contribution in [0.3, 0.4) is 0 Å². The Labute approximate surface area is 213 Å². The van der Waals surface area contributed by atoms with E-state index in [4.69, 9.17) is 16.4 Å². The van der Waals surface area contributed by atoms with Crippen molar-refractivity contribution in [1.29, 1.82) is 0 Å². The molecule has 2 rings (SSSR count). The van der Waals surface area contributed by atoms with Gasteiger partial charge in [-0.15, -0.1) is 0 Å². The van der Waals surface area contributed by atoms with Crippen LogP contribution >= 0.6 is 0 Å². The Bertz CT molecular complexity index is 930. The van der Waals surface area contributed by atoms with E-state index in [1.165, 1.54) is 11.1 Å². The Morgan fingerprint density at radius 2 is 1.35 bits per heavy atom. The second-order valence-electron chi connectivity index (χ2n) is 11.6. The van der Waals surface area contributed by atoms with Crippen LogP contribution in [0.2, 0.25) is 0 Å². The third-order valence-corrected chi connectivity index (χ3v) is 7.45. The Kier molecular flexibility index (Phi) is 9.98. The predicted octanol–water partition coefficient (Wildman–Crippen LogP) is 7.68. The highest BCUT2D eigenvalue weighted by Gasteiger charge is 2.40. The number of benzene rings is 2. The molecule has 0 bridgehead atoms. The smallest absolute Gasteiger partial charge is 0.598 e. The van der Waals surface area contributed by atoms with Crippen molar-refractivity contribution in [3.8, 4) is 5.75 Å². The number of hydrogen-bond donors (Lipinski definition) is 0. The molecule has 0 unspecified atom stereocenters. The first-order chi connectivity index (χ1) is 15.7. The van der Waals surface area contributed by atoms with Crippen molar-refractivity contribution in [3.63, 3.8) is 0 Å². The number of rotatable bonds is 9. The van der Waals surface area contributed by atoms with Gasteiger partial charge in [0, 0.05) is 24.0 Å². The van der Waals surface area contributed by atoms with Crippen LogP contribution in [0.4, 0.5) is 0 Å². The zero-order valence-electron chi connectivity index (χ0n) is 23.1. The van der Waals surface area contributed by atoms with E-state index in [9.17, 15) is 0 Å². The zero-order chi connectivity index (χ0) is 25.7. The minimum atomic E-state index is -2.43. The second kappa shape index (κ2) is 11.9. The predicted molar refractivity (Wildman–Crippen MR) is 145 cm³/mol. The summed E-state index contributed by atoms with van der Waals surface area (Å²) < 4.78 is 18.9. The molecule has 5 heteroatoms. The van der Waals surface area contributed by atoms with Crippen molar-refractivity contribution in [1.82, 2.24) is 0 Å². The number of nitrogens with zero attached hydrogens (tertiary/aromatic N) is 1. The molecule has 0 saturated carbocycles. The molecule has 0 amide bonds. The molecule has 0 saturated heterocycles. The summed E-state index contributed by atoms with van der Waals surface area (Å²) in [6.07, 6.45) is 2.02. The average Bonchev–Trinajstić information content (AvgIpc) is 2.70. The van der Waals surface area contributed by atoms with Gasteiger partial charge >= 0.3 is 15.1 Å². The van der Waals surface area contributed by atoms with E-state index in [1.807, 2.05) is 40.0 Å². The molecule has 1 atom stereocenters. The summed E-state index contributed by atoms with van der Waals surface area (Å²) in [5.41, 5.74) is 4.42. The molecule has 0 aliphatic heterocycles. The normalized spacial score (nSPS) is 13.7. The summed E-state index contributed by atoms with van der Waals surface area (Å²) in [5.74, 6) is 0.822. The molecular formula is C29H44AlNO3. The van der Waals surface area contributed by atoms with Crippen LogP contribution in [0.5, 0.6) is 5.75 Å². The first-order valence-electron chi connectivity index (χ1n) is 12.4. The third kappa shape index (κ3) is 8.54. The molecule has 0 fully saturated rings. The van der Waals surface area contributed by atoms with Gasteiger partial charge in [-0.1, -0.05) is 77.9 Å². The van der Waals surface area contributed by atoms with Crippen LogP contribution in [-0.4, -0.2) is 33.6 Å². The average molecular weight is 482 g/mol. The lowest BCUT2D eigenvalue weighted by molar-refractivity contribution is 0.0844. The van der Waals surface area contributed by atoms with Crippen molar-refractivity contribution < 1.29 is 11.4 Å². The van der Waals surface area contributed by atoms with Gasteiger partial charge in [0.15, 0.2) is 0 Å². The molecule has 2 aromatic carbocycles. The second-order valence-corrected chi connectivity index (χ2v) is 12.9. The minimum absolute atomic E-state index is 0.00807. The third-order valence-electron chi connectivity index (χ3n) is 5.49. The van der Waals surface area contributed by atoms with E-state index in [0.29, 0.717) is 0 Å². The molecule has 0 radical (unpaired) electrons. The molecule has 0 heterocycles. The van der Waals surface area contributed by atoms with Gasteiger partial charge in [0.25, 0.3) is 0 Å². The van der Waals surface area contributed by atoms with Crippen molar-refractivity contribution >= 4 is 21.4 Å². The van der Waals surface area contributed by atoms with Gasteiger partial charge in [0.2, 0.25) is 0 Å². The van der Waals surface area contributed by atoms with Crippen molar-refractivity contribution in [2.24, 2.45) is 4.99 Å². The Hall–Kier alpha value is -1.64. The maximum atomic E-state index is 6.63. The lowest BCUT2D eigenvalue weighted by Crippen LogP contribution is -2.36. The SMILES string of the molecule is CC(C)[O][Al]([O]c1c(C=N[C@@H](C)c2ccccc2)cc(C(C)(C)C)cc1C(C)(C)C)[O]C(C)C. The van der Waals surface area contributed by atoms with Crippen molar-refractivity contribution in [2.75, 3.05) is 0 Å².